The van der Waals surface area contributed by atoms with Crippen LogP contribution in [0, 0.1) is 0 Å². The van der Waals surface area contributed by atoms with Crippen LogP contribution in [0.2, 0.25) is 0 Å². The summed E-state index contributed by atoms with van der Waals surface area (Å²) in [5, 5.41) is 1.67. The normalized spacial score (nSPS) is 6.80. The van der Waals surface area contributed by atoms with Crippen molar-refractivity contribution in [2.45, 2.75) is 0 Å². The third-order valence-electron chi connectivity index (χ3n) is 0.936. The lowest BCUT2D eigenvalue weighted by Crippen LogP contribution is -1.71. The summed E-state index contributed by atoms with van der Waals surface area (Å²) in [4.78, 5) is 0. The molecule has 1 aromatic rings. The number of benzene rings is 1. The van der Waals surface area contributed by atoms with Crippen LogP contribution in [-0.4, -0.2) is 5.37 Å². The lowest BCUT2D eigenvalue weighted by atomic mass is 10.2. The molecule has 10 heavy (non-hydrogen) atoms. The second-order valence-electron chi connectivity index (χ2n) is 1.53. The maximum absolute atomic E-state index is 4.69. The SMILES string of the molecule is Cl.Cl.S=Cc1ccccc1. The molecule has 3 heteroatoms. The van der Waals surface area contributed by atoms with Crippen LogP contribution in [0.15, 0.2) is 30.3 Å². The Morgan fingerprint density at radius 1 is 1.00 bits per heavy atom. The molecule has 0 aliphatic heterocycles. The van der Waals surface area contributed by atoms with E-state index in [0.717, 1.165) is 5.56 Å². The van der Waals surface area contributed by atoms with Crippen LogP contribution in [0.5, 0.6) is 0 Å². The first-order valence-corrected chi connectivity index (χ1v) is 2.91. The minimum Gasteiger partial charge on any atom is -0.147 e. The van der Waals surface area contributed by atoms with Gasteiger partial charge in [0.2, 0.25) is 0 Å². The minimum atomic E-state index is 0. The Kier molecular flexibility index (Phi) is 8.79. The standard InChI is InChI=1S/C7H6S.2ClH/c8-6-7-4-2-1-3-5-7;;/h1-6H;2*1H. The van der Waals surface area contributed by atoms with E-state index in [9.17, 15) is 0 Å². The summed E-state index contributed by atoms with van der Waals surface area (Å²) in [6, 6.07) is 9.87. The van der Waals surface area contributed by atoms with Crippen molar-refractivity contribution in [2.24, 2.45) is 0 Å². The van der Waals surface area contributed by atoms with Crippen molar-refractivity contribution in [2.75, 3.05) is 0 Å². The first-order valence-electron chi connectivity index (χ1n) is 2.44. The average Bonchev–Trinajstić information content (AvgIpc) is 1.90. The molecular weight excluding hydrogens is 187 g/mol. The van der Waals surface area contributed by atoms with Gasteiger partial charge in [-0.05, 0) is 5.56 Å². The molecule has 0 atom stereocenters. The molecule has 0 aliphatic carbocycles. The molecule has 0 nitrogen and oxygen atoms in total. The van der Waals surface area contributed by atoms with Gasteiger partial charge < -0.3 is 0 Å². The van der Waals surface area contributed by atoms with Gasteiger partial charge >= 0.3 is 0 Å². The van der Waals surface area contributed by atoms with E-state index < -0.39 is 0 Å². The van der Waals surface area contributed by atoms with E-state index in [2.05, 4.69) is 0 Å². The Morgan fingerprint density at radius 3 is 1.80 bits per heavy atom. The van der Waals surface area contributed by atoms with E-state index in [4.69, 9.17) is 12.2 Å². The number of halogens is 2. The number of rotatable bonds is 1. The fourth-order valence-electron chi connectivity index (χ4n) is 0.532. The first kappa shape index (κ1) is 12.6. The van der Waals surface area contributed by atoms with Crippen LogP contribution >= 0.6 is 37.0 Å². The molecule has 0 saturated heterocycles. The van der Waals surface area contributed by atoms with Gasteiger partial charge in [-0.15, -0.1) is 24.8 Å². The van der Waals surface area contributed by atoms with Gasteiger partial charge in [0.25, 0.3) is 0 Å². The second kappa shape index (κ2) is 7.00. The average molecular weight is 195 g/mol. The zero-order valence-electron chi connectivity index (χ0n) is 5.19. The van der Waals surface area contributed by atoms with Crippen LogP contribution in [0.1, 0.15) is 5.56 Å². The predicted octanol–water partition coefficient (Wildman–Crippen LogP) is 2.88. The summed E-state index contributed by atoms with van der Waals surface area (Å²) in [5.74, 6) is 0. The molecule has 1 aromatic carbocycles. The van der Waals surface area contributed by atoms with Crippen molar-refractivity contribution in [3.8, 4) is 0 Å². The summed E-state index contributed by atoms with van der Waals surface area (Å²) >= 11 is 4.69. The van der Waals surface area contributed by atoms with Crippen LogP contribution in [0.25, 0.3) is 0 Å². The van der Waals surface area contributed by atoms with Crippen LogP contribution in [0.4, 0.5) is 0 Å². The van der Waals surface area contributed by atoms with E-state index in [1.807, 2.05) is 30.3 Å². The second-order valence-corrected chi connectivity index (χ2v) is 1.76. The number of hydrogen-bond donors (Lipinski definition) is 0. The molecule has 0 spiro atoms. The van der Waals surface area contributed by atoms with E-state index >= 15 is 0 Å². The van der Waals surface area contributed by atoms with E-state index in [1.165, 1.54) is 0 Å². The monoisotopic (exact) mass is 194 g/mol. The van der Waals surface area contributed by atoms with Gasteiger partial charge in [0.05, 0.1) is 0 Å². The highest BCUT2D eigenvalue weighted by atomic mass is 35.5. The lowest BCUT2D eigenvalue weighted by molar-refractivity contribution is 1.69. The van der Waals surface area contributed by atoms with Crippen molar-refractivity contribution in [1.29, 1.82) is 0 Å². The van der Waals surface area contributed by atoms with Crippen LogP contribution in [-0.2, 0) is 0 Å². The van der Waals surface area contributed by atoms with Crippen molar-refractivity contribution in [1.82, 2.24) is 0 Å². The Morgan fingerprint density at radius 2 is 1.50 bits per heavy atom. The molecule has 1 rings (SSSR count). The number of thiocarbonyl (C=S) groups is 1. The van der Waals surface area contributed by atoms with Crippen LogP contribution in [0.3, 0.4) is 0 Å². The Labute approximate surface area is 78.5 Å². The largest absolute Gasteiger partial charge is 0.147 e. The highest BCUT2D eigenvalue weighted by molar-refractivity contribution is 7.79. The van der Waals surface area contributed by atoms with E-state index in [0.29, 0.717) is 0 Å². The molecule has 0 amide bonds. The van der Waals surface area contributed by atoms with E-state index in [-0.39, 0.29) is 24.8 Å². The zero-order chi connectivity index (χ0) is 5.82. The van der Waals surface area contributed by atoms with E-state index in [1.54, 1.807) is 5.37 Å². The highest BCUT2D eigenvalue weighted by Crippen LogP contribution is 1.92. The van der Waals surface area contributed by atoms with Crippen molar-refractivity contribution in [3.63, 3.8) is 0 Å². The number of hydrogen-bond acceptors (Lipinski definition) is 1. The molecular formula is C7H8Cl2S. The fourth-order valence-corrected chi connectivity index (χ4v) is 0.689. The Bertz CT molecular complexity index is 174. The predicted molar refractivity (Wildman–Crippen MR) is 53.7 cm³/mol. The quantitative estimate of drug-likeness (QED) is 0.621. The molecule has 0 bridgehead atoms. The fraction of sp³-hybridized carbons (Fsp3) is 0. The summed E-state index contributed by atoms with van der Waals surface area (Å²) in [6.07, 6.45) is 0. The van der Waals surface area contributed by atoms with Gasteiger partial charge in [0.1, 0.15) is 0 Å². The Hall–Kier alpha value is -0.110. The summed E-state index contributed by atoms with van der Waals surface area (Å²) in [6.45, 7) is 0. The molecule has 0 N–H and O–H groups in total. The lowest BCUT2D eigenvalue weighted by Gasteiger charge is -1.84. The van der Waals surface area contributed by atoms with Crippen molar-refractivity contribution in [3.05, 3.63) is 35.9 Å². The molecule has 0 radical (unpaired) electrons. The molecule has 0 unspecified atom stereocenters. The van der Waals surface area contributed by atoms with Gasteiger partial charge in [0.15, 0.2) is 0 Å². The van der Waals surface area contributed by atoms with Gasteiger partial charge in [-0.1, -0.05) is 42.5 Å². The third kappa shape index (κ3) is 3.83. The maximum Gasteiger partial charge on any atom is 0.00861 e. The van der Waals surface area contributed by atoms with Gasteiger partial charge in [-0.25, -0.2) is 0 Å². The smallest absolute Gasteiger partial charge is 0.00861 e. The van der Waals surface area contributed by atoms with Crippen molar-refractivity contribution >= 4 is 42.4 Å². The molecule has 0 aromatic heterocycles. The molecule has 0 saturated carbocycles. The molecule has 0 heterocycles. The first-order chi connectivity index (χ1) is 3.93. The maximum atomic E-state index is 4.69. The topological polar surface area (TPSA) is 0 Å². The summed E-state index contributed by atoms with van der Waals surface area (Å²) < 4.78 is 0. The zero-order valence-corrected chi connectivity index (χ0v) is 7.64. The summed E-state index contributed by atoms with van der Waals surface area (Å²) in [7, 11) is 0. The van der Waals surface area contributed by atoms with Crippen molar-refractivity contribution < 1.29 is 0 Å². The highest BCUT2D eigenvalue weighted by Gasteiger charge is 1.77. The van der Waals surface area contributed by atoms with Crippen LogP contribution < -0.4 is 0 Å². The Balaban J connectivity index is 0. The molecule has 0 fully saturated rings. The van der Waals surface area contributed by atoms with Gasteiger partial charge in [-0.3, -0.25) is 0 Å². The molecule has 56 valence electrons. The minimum absolute atomic E-state index is 0. The molecule has 0 aliphatic rings. The van der Waals surface area contributed by atoms with Gasteiger partial charge in [-0.2, -0.15) is 0 Å². The third-order valence-corrected chi connectivity index (χ3v) is 1.21. The summed E-state index contributed by atoms with van der Waals surface area (Å²) in [5.41, 5.74) is 1.10. The van der Waals surface area contributed by atoms with Gasteiger partial charge in [0, 0.05) is 5.37 Å².